The standard InChI is InChI=1S/C14H13N5O/c1-15-14(20)19-13-17-11-3-2-10(8-12(11)18-13)9-4-6-16-7-5-9/h2-8H,1H3,(H3,15,17,18,19,20). The highest BCUT2D eigenvalue weighted by molar-refractivity contribution is 5.90. The molecule has 0 radical (unpaired) electrons. The lowest BCUT2D eigenvalue weighted by molar-refractivity contribution is 0.254. The summed E-state index contributed by atoms with van der Waals surface area (Å²) in [6, 6.07) is 9.48. The fraction of sp³-hybridized carbons (Fsp3) is 0.0714. The zero-order valence-corrected chi connectivity index (χ0v) is 10.8. The number of urea groups is 1. The van der Waals surface area contributed by atoms with Crippen LogP contribution in [0.4, 0.5) is 10.7 Å². The van der Waals surface area contributed by atoms with Crippen molar-refractivity contribution in [3.05, 3.63) is 42.7 Å². The minimum absolute atomic E-state index is 0.307. The Kier molecular flexibility index (Phi) is 3.04. The highest BCUT2D eigenvalue weighted by atomic mass is 16.2. The van der Waals surface area contributed by atoms with Crippen LogP contribution in [-0.4, -0.2) is 28.0 Å². The van der Waals surface area contributed by atoms with Crippen LogP contribution in [-0.2, 0) is 0 Å². The van der Waals surface area contributed by atoms with Gasteiger partial charge in [-0.05, 0) is 35.4 Å². The summed E-state index contributed by atoms with van der Waals surface area (Å²) in [5.74, 6) is 0.422. The number of fused-ring (bicyclic) bond motifs is 1. The molecule has 3 rings (SSSR count). The van der Waals surface area contributed by atoms with E-state index in [1.54, 1.807) is 19.4 Å². The lowest BCUT2D eigenvalue weighted by Crippen LogP contribution is -2.24. The van der Waals surface area contributed by atoms with Crippen molar-refractivity contribution in [3.63, 3.8) is 0 Å². The number of rotatable bonds is 2. The summed E-state index contributed by atoms with van der Waals surface area (Å²) in [6.45, 7) is 0. The molecule has 0 fully saturated rings. The molecule has 0 unspecified atom stereocenters. The Labute approximate surface area is 115 Å². The van der Waals surface area contributed by atoms with Crippen LogP contribution in [0.5, 0.6) is 0 Å². The summed E-state index contributed by atoms with van der Waals surface area (Å²) < 4.78 is 0. The van der Waals surface area contributed by atoms with Crippen molar-refractivity contribution in [2.45, 2.75) is 0 Å². The Morgan fingerprint density at radius 1 is 1.15 bits per heavy atom. The lowest BCUT2D eigenvalue weighted by atomic mass is 10.1. The molecule has 1 aromatic carbocycles. The van der Waals surface area contributed by atoms with E-state index in [4.69, 9.17) is 0 Å². The van der Waals surface area contributed by atoms with Gasteiger partial charge in [-0.25, -0.2) is 9.78 Å². The Morgan fingerprint density at radius 2 is 1.95 bits per heavy atom. The van der Waals surface area contributed by atoms with Gasteiger partial charge in [0.15, 0.2) is 0 Å². The van der Waals surface area contributed by atoms with E-state index < -0.39 is 0 Å². The second-order valence-electron chi connectivity index (χ2n) is 4.26. The van der Waals surface area contributed by atoms with E-state index in [2.05, 4.69) is 25.6 Å². The first-order valence-corrected chi connectivity index (χ1v) is 6.15. The zero-order chi connectivity index (χ0) is 13.9. The summed E-state index contributed by atoms with van der Waals surface area (Å²) >= 11 is 0. The third-order valence-electron chi connectivity index (χ3n) is 2.95. The molecule has 0 saturated heterocycles. The molecule has 2 aromatic heterocycles. The number of anilines is 1. The molecule has 0 saturated carbocycles. The van der Waals surface area contributed by atoms with Crippen molar-refractivity contribution in [2.75, 3.05) is 12.4 Å². The second-order valence-corrected chi connectivity index (χ2v) is 4.26. The number of imidazole rings is 1. The Hall–Kier alpha value is -2.89. The van der Waals surface area contributed by atoms with E-state index in [1.165, 1.54) is 0 Å². The third-order valence-corrected chi connectivity index (χ3v) is 2.95. The molecule has 100 valence electrons. The summed E-state index contributed by atoms with van der Waals surface area (Å²) in [5, 5.41) is 5.09. The van der Waals surface area contributed by atoms with Crippen LogP contribution >= 0.6 is 0 Å². The number of H-pyrrole nitrogens is 1. The number of carbonyl (C=O) groups excluding carboxylic acids is 1. The van der Waals surface area contributed by atoms with Crippen LogP contribution in [0.3, 0.4) is 0 Å². The van der Waals surface area contributed by atoms with Gasteiger partial charge in [0.25, 0.3) is 0 Å². The van der Waals surface area contributed by atoms with Gasteiger partial charge in [0.2, 0.25) is 5.95 Å². The van der Waals surface area contributed by atoms with Gasteiger partial charge < -0.3 is 10.3 Å². The number of pyridine rings is 1. The van der Waals surface area contributed by atoms with Gasteiger partial charge in [0, 0.05) is 19.4 Å². The average Bonchev–Trinajstić information content (AvgIpc) is 2.89. The maximum Gasteiger partial charge on any atom is 0.321 e. The van der Waals surface area contributed by atoms with Gasteiger partial charge in [-0.3, -0.25) is 10.3 Å². The smallest absolute Gasteiger partial charge is 0.321 e. The summed E-state index contributed by atoms with van der Waals surface area (Å²) in [4.78, 5) is 22.6. The zero-order valence-electron chi connectivity index (χ0n) is 10.8. The summed E-state index contributed by atoms with van der Waals surface area (Å²) in [7, 11) is 1.56. The number of nitrogens with zero attached hydrogens (tertiary/aromatic N) is 2. The van der Waals surface area contributed by atoms with Crippen molar-refractivity contribution in [1.29, 1.82) is 0 Å². The van der Waals surface area contributed by atoms with Crippen molar-refractivity contribution in [1.82, 2.24) is 20.3 Å². The largest absolute Gasteiger partial charge is 0.341 e. The second kappa shape index (κ2) is 5.00. The number of nitrogens with one attached hydrogen (secondary N) is 3. The molecule has 20 heavy (non-hydrogen) atoms. The van der Waals surface area contributed by atoms with Gasteiger partial charge in [-0.2, -0.15) is 0 Å². The molecular weight excluding hydrogens is 254 g/mol. The molecule has 6 heteroatoms. The van der Waals surface area contributed by atoms with Crippen molar-refractivity contribution in [3.8, 4) is 11.1 Å². The summed E-state index contributed by atoms with van der Waals surface area (Å²) in [5.41, 5.74) is 3.81. The number of amides is 2. The molecule has 0 aliphatic rings. The van der Waals surface area contributed by atoms with E-state index in [9.17, 15) is 4.79 Å². The Morgan fingerprint density at radius 3 is 2.70 bits per heavy atom. The predicted molar refractivity (Wildman–Crippen MR) is 77.4 cm³/mol. The summed E-state index contributed by atoms with van der Waals surface area (Å²) in [6.07, 6.45) is 3.51. The van der Waals surface area contributed by atoms with Crippen molar-refractivity contribution < 1.29 is 4.79 Å². The first-order chi connectivity index (χ1) is 9.76. The van der Waals surface area contributed by atoms with E-state index in [0.29, 0.717) is 5.95 Å². The predicted octanol–water partition coefficient (Wildman–Crippen LogP) is 2.38. The van der Waals surface area contributed by atoms with E-state index in [0.717, 1.165) is 22.2 Å². The van der Waals surface area contributed by atoms with Crippen LogP contribution in [0.2, 0.25) is 0 Å². The molecule has 3 aromatic rings. The highest BCUT2D eigenvalue weighted by Crippen LogP contribution is 2.23. The van der Waals surface area contributed by atoms with E-state index >= 15 is 0 Å². The Balaban J connectivity index is 1.97. The molecule has 0 bridgehead atoms. The number of hydrogen-bond acceptors (Lipinski definition) is 3. The third kappa shape index (κ3) is 2.31. The highest BCUT2D eigenvalue weighted by Gasteiger charge is 2.06. The first-order valence-electron chi connectivity index (χ1n) is 6.15. The van der Waals surface area contributed by atoms with Gasteiger partial charge in [-0.1, -0.05) is 6.07 Å². The van der Waals surface area contributed by atoms with Gasteiger partial charge >= 0.3 is 6.03 Å². The number of hydrogen-bond donors (Lipinski definition) is 3. The Bertz CT molecular complexity index is 751. The fourth-order valence-electron chi connectivity index (χ4n) is 1.96. The van der Waals surface area contributed by atoms with Crippen LogP contribution in [0.1, 0.15) is 0 Å². The molecule has 3 N–H and O–H groups in total. The topological polar surface area (TPSA) is 82.7 Å². The molecule has 0 aliphatic carbocycles. The van der Waals surface area contributed by atoms with Gasteiger partial charge in [0.1, 0.15) is 0 Å². The van der Waals surface area contributed by atoms with Gasteiger partial charge in [-0.15, -0.1) is 0 Å². The fourth-order valence-corrected chi connectivity index (χ4v) is 1.96. The van der Waals surface area contributed by atoms with Crippen molar-refractivity contribution in [2.24, 2.45) is 0 Å². The maximum absolute atomic E-state index is 11.3. The number of carbonyl (C=O) groups is 1. The number of aromatic nitrogens is 3. The molecule has 0 spiro atoms. The minimum Gasteiger partial charge on any atom is -0.341 e. The molecular formula is C14H13N5O. The molecule has 2 heterocycles. The quantitative estimate of drug-likeness (QED) is 0.666. The first kappa shape index (κ1) is 12.2. The van der Waals surface area contributed by atoms with Crippen LogP contribution in [0, 0.1) is 0 Å². The van der Waals surface area contributed by atoms with Gasteiger partial charge in [0.05, 0.1) is 11.0 Å². The normalized spacial score (nSPS) is 10.4. The molecule has 0 aliphatic heterocycles. The number of benzene rings is 1. The monoisotopic (exact) mass is 267 g/mol. The van der Waals surface area contributed by atoms with Crippen LogP contribution in [0.15, 0.2) is 42.7 Å². The van der Waals surface area contributed by atoms with Crippen LogP contribution in [0.25, 0.3) is 22.2 Å². The lowest BCUT2D eigenvalue weighted by Gasteiger charge is -2.00. The number of aromatic amines is 1. The molecule has 2 amide bonds. The maximum atomic E-state index is 11.3. The van der Waals surface area contributed by atoms with E-state index in [-0.39, 0.29) is 6.03 Å². The van der Waals surface area contributed by atoms with Crippen LogP contribution < -0.4 is 10.6 Å². The molecule has 6 nitrogen and oxygen atoms in total. The van der Waals surface area contributed by atoms with Crippen molar-refractivity contribution >= 4 is 23.0 Å². The molecule has 0 atom stereocenters. The van der Waals surface area contributed by atoms with E-state index in [1.807, 2.05) is 30.3 Å². The minimum atomic E-state index is -0.307. The average molecular weight is 267 g/mol. The SMILES string of the molecule is CNC(=O)Nc1nc2ccc(-c3ccncc3)cc2[nH]1.